The summed E-state index contributed by atoms with van der Waals surface area (Å²) in [6, 6.07) is 7.81. The van der Waals surface area contributed by atoms with Gasteiger partial charge in [0, 0.05) is 30.1 Å². The number of likely N-dealkylation sites (tertiary alicyclic amines) is 1. The van der Waals surface area contributed by atoms with Gasteiger partial charge in [-0.05, 0) is 31.4 Å². The average molecular weight is 603 g/mol. The van der Waals surface area contributed by atoms with Crippen molar-refractivity contribution in [3.05, 3.63) is 55.6 Å². The molecule has 3 heterocycles. The van der Waals surface area contributed by atoms with Gasteiger partial charge in [-0.2, -0.15) is 0 Å². The number of halogens is 1. The molecule has 9 heteroatoms. The molecule has 3 amide bonds. The highest BCUT2D eigenvalue weighted by molar-refractivity contribution is 9.09. The number of alkyl halides is 1. The maximum absolute atomic E-state index is 14.3. The number of anilines is 1. The van der Waals surface area contributed by atoms with Gasteiger partial charge in [0.2, 0.25) is 17.7 Å². The molecule has 8 nitrogen and oxygen atoms in total. The molecule has 0 radical (unpaired) electrons. The Labute approximate surface area is 239 Å². The molecule has 0 aromatic heterocycles. The molecule has 3 aliphatic heterocycles. The van der Waals surface area contributed by atoms with Crippen molar-refractivity contribution in [3.8, 4) is 0 Å². The molecule has 3 aliphatic rings. The van der Waals surface area contributed by atoms with Crippen LogP contribution in [0, 0.1) is 11.8 Å². The molecule has 4 rings (SSSR count). The van der Waals surface area contributed by atoms with Crippen LogP contribution in [0.15, 0.2) is 55.6 Å². The highest BCUT2D eigenvalue weighted by Gasteiger charge is 2.77. The van der Waals surface area contributed by atoms with Crippen LogP contribution in [-0.4, -0.2) is 87.5 Å². The molecule has 0 saturated carbocycles. The number of aliphatic hydroxyl groups excluding tert-OH is 1. The van der Waals surface area contributed by atoms with Crippen LogP contribution in [0.3, 0.4) is 0 Å². The molecule has 39 heavy (non-hydrogen) atoms. The van der Waals surface area contributed by atoms with E-state index in [1.54, 1.807) is 22.0 Å². The molecular weight excluding hydrogens is 562 g/mol. The minimum absolute atomic E-state index is 0.204. The Morgan fingerprint density at radius 1 is 1.21 bits per heavy atom. The van der Waals surface area contributed by atoms with Gasteiger partial charge in [0.25, 0.3) is 0 Å². The molecule has 3 unspecified atom stereocenters. The van der Waals surface area contributed by atoms with Crippen LogP contribution in [0.1, 0.15) is 39.5 Å². The number of hydrogen-bond donors (Lipinski definition) is 1. The Morgan fingerprint density at radius 2 is 1.90 bits per heavy atom. The summed E-state index contributed by atoms with van der Waals surface area (Å²) in [4.78, 5) is 47.6. The first-order valence-corrected chi connectivity index (χ1v) is 14.8. The van der Waals surface area contributed by atoms with Gasteiger partial charge in [0.05, 0.1) is 30.6 Å². The first kappa shape index (κ1) is 29.5. The second-order valence-electron chi connectivity index (χ2n) is 10.7. The summed E-state index contributed by atoms with van der Waals surface area (Å²) < 4.78 is 6.66. The van der Waals surface area contributed by atoms with E-state index >= 15 is 0 Å². The van der Waals surface area contributed by atoms with Gasteiger partial charge in [-0.1, -0.05) is 66.5 Å². The van der Waals surface area contributed by atoms with Gasteiger partial charge in [0.15, 0.2) is 0 Å². The lowest BCUT2D eigenvalue weighted by molar-refractivity contribution is -0.151. The highest BCUT2D eigenvalue weighted by atomic mass is 79.9. The summed E-state index contributed by atoms with van der Waals surface area (Å²) in [5, 5.41) is 10.3. The topological polar surface area (TPSA) is 90.4 Å². The molecular formula is C30H40BrN3O5. The minimum atomic E-state index is -1.17. The van der Waals surface area contributed by atoms with Crippen molar-refractivity contribution in [2.45, 2.75) is 68.1 Å². The number of rotatable bonds is 13. The molecule has 1 aromatic rings. The fourth-order valence-corrected chi connectivity index (χ4v) is 7.59. The fourth-order valence-electron chi connectivity index (χ4n) is 6.64. The van der Waals surface area contributed by atoms with Crippen LogP contribution in [0.5, 0.6) is 0 Å². The SMILES string of the molecule is C=CCN(CCCC)C(=O)C1N([C@@H](CC)CO)C(=O)[C@@H]2[C@@H](C(=O)N(CC=C)c3ccccc3)[C@@H]3OC12CC3Br. The molecule has 7 atom stereocenters. The van der Waals surface area contributed by atoms with E-state index in [0.717, 1.165) is 12.8 Å². The van der Waals surface area contributed by atoms with Crippen molar-refractivity contribution in [3.63, 3.8) is 0 Å². The Hall–Kier alpha value is -2.49. The molecule has 0 aliphatic carbocycles. The Bertz CT molecular complexity index is 1080. The number of carbonyl (C=O) groups is 3. The van der Waals surface area contributed by atoms with Crippen LogP contribution in [-0.2, 0) is 19.1 Å². The number of hydrogen-bond acceptors (Lipinski definition) is 5. The lowest BCUT2D eigenvalue weighted by Crippen LogP contribution is -2.59. The zero-order valence-electron chi connectivity index (χ0n) is 22.9. The Balaban J connectivity index is 1.80. The van der Waals surface area contributed by atoms with E-state index in [4.69, 9.17) is 4.74 Å². The van der Waals surface area contributed by atoms with Crippen LogP contribution < -0.4 is 4.90 Å². The summed E-state index contributed by atoms with van der Waals surface area (Å²) in [7, 11) is 0. The van der Waals surface area contributed by atoms with Crippen LogP contribution in [0.25, 0.3) is 0 Å². The summed E-state index contributed by atoms with van der Waals surface area (Å²) >= 11 is 3.74. The standard InChI is InChI=1S/C30H40BrN3O5/c1-5-9-17-32(15-6-2)29(38)26-30-18-22(31)25(39-30)23(24(30)28(37)34(26)20(8-4)19-35)27(36)33(16-7-3)21-13-11-10-12-14-21/h6-7,10-14,20,22-26,35H,2-3,5,8-9,15-19H2,1,4H3/t20-,22?,23+,24-,25+,26?,30?/m0/s1. The molecule has 2 bridgehead atoms. The number of unbranched alkanes of at least 4 members (excludes halogenated alkanes) is 1. The molecule has 1 spiro atoms. The van der Waals surface area contributed by atoms with Crippen LogP contribution >= 0.6 is 15.9 Å². The third-order valence-electron chi connectivity index (χ3n) is 8.41. The number of carbonyl (C=O) groups excluding carboxylic acids is 3. The van der Waals surface area contributed by atoms with Crippen molar-refractivity contribution < 1.29 is 24.2 Å². The predicted octanol–water partition coefficient (Wildman–Crippen LogP) is 3.54. The average Bonchev–Trinajstić information content (AvgIpc) is 3.54. The molecule has 3 fully saturated rings. The number of amides is 3. The van der Waals surface area contributed by atoms with Gasteiger partial charge in [-0.25, -0.2) is 0 Å². The lowest BCUT2D eigenvalue weighted by Gasteiger charge is -2.39. The molecule has 1 N–H and O–H groups in total. The monoisotopic (exact) mass is 601 g/mol. The number of fused-ring (bicyclic) bond motifs is 1. The van der Waals surface area contributed by atoms with Gasteiger partial charge >= 0.3 is 0 Å². The van der Waals surface area contributed by atoms with Crippen molar-refractivity contribution in [2.75, 3.05) is 31.1 Å². The van der Waals surface area contributed by atoms with E-state index in [9.17, 15) is 19.5 Å². The van der Waals surface area contributed by atoms with Gasteiger partial charge < -0.3 is 24.5 Å². The molecule has 3 saturated heterocycles. The summed E-state index contributed by atoms with van der Waals surface area (Å²) in [6.45, 7) is 12.5. The maximum Gasteiger partial charge on any atom is 0.248 e. The normalized spacial score (nSPS) is 29.7. The molecule has 1 aromatic carbocycles. The number of aliphatic hydroxyl groups is 1. The van der Waals surface area contributed by atoms with Gasteiger partial charge in [-0.15, -0.1) is 13.2 Å². The van der Waals surface area contributed by atoms with E-state index in [1.165, 1.54) is 4.90 Å². The summed E-state index contributed by atoms with van der Waals surface area (Å²) in [6.07, 6.45) is 5.41. The second-order valence-corrected chi connectivity index (χ2v) is 11.8. The smallest absolute Gasteiger partial charge is 0.248 e. The third-order valence-corrected chi connectivity index (χ3v) is 9.25. The number of para-hydroxylation sites is 1. The highest BCUT2D eigenvalue weighted by Crippen LogP contribution is 2.61. The first-order chi connectivity index (χ1) is 18.8. The lowest BCUT2D eigenvalue weighted by atomic mass is 9.70. The molecule has 212 valence electrons. The van der Waals surface area contributed by atoms with Gasteiger partial charge in [-0.3, -0.25) is 14.4 Å². The summed E-state index contributed by atoms with van der Waals surface area (Å²) in [5.41, 5.74) is -0.461. The second kappa shape index (κ2) is 12.4. The predicted molar refractivity (Wildman–Crippen MR) is 154 cm³/mol. The quantitative estimate of drug-likeness (QED) is 0.276. The zero-order chi connectivity index (χ0) is 28.3. The van der Waals surface area contributed by atoms with Crippen LogP contribution in [0.2, 0.25) is 0 Å². The minimum Gasteiger partial charge on any atom is -0.394 e. The summed E-state index contributed by atoms with van der Waals surface area (Å²) in [5.74, 6) is -2.35. The van der Waals surface area contributed by atoms with E-state index in [0.29, 0.717) is 31.6 Å². The van der Waals surface area contributed by atoms with E-state index in [-0.39, 0.29) is 35.7 Å². The number of nitrogens with zero attached hydrogens (tertiary/aromatic N) is 3. The van der Waals surface area contributed by atoms with E-state index in [1.807, 2.05) is 37.3 Å². The third kappa shape index (κ3) is 4.98. The van der Waals surface area contributed by atoms with Crippen molar-refractivity contribution in [1.82, 2.24) is 9.80 Å². The Kier molecular flexibility index (Phi) is 9.34. The Morgan fingerprint density at radius 3 is 2.49 bits per heavy atom. The first-order valence-electron chi connectivity index (χ1n) is 13.9. The van der Waals surface area contributed by atoms with Crippen LogP contribution in [0.4, 0.5) is 5.69 Å². The largest absolute Gasteiger partial charge is 0.394 e. The van der Waals surface area contributed by atoms with Crippen molar-refractivity contribution in [1.29, 1.82) is 0 Å². The fraction of sp³-hybridized carbons (Fsp3) is 0.567. The number of benzene rings is 1. The zero-order valence-corrected chi connectivity index (χ0v) is 24.5. The van der Waals surface area contributed by atoms with Crippen molar-refractivity contribution in [2.24, 2.45) is 11.8 Å². The van der Waals surface area contributed by atoms with Gasteiger partial charge in [0.1, 0.15) is 11.6 Å². The maximum atomic E-state index is 14.3. The van der Waals surface area contributed by atoms with Crippen molar-refractivity contribution >= 4 is 39.3 Å². The number of ether oxygens (including phenoxy) is 1. The van der Waals surface area contributed by atoms with E-state index in [2.05, 4.69) is 36.0 Å². The van der Waals surface area contributed by atoms with E-state index < -0.39 is 35.6 Å².